The third-order valence-corrected chi connectivity index (χ3v) is 7.27. The number of hydrogen-bond acceptors (Lipinski definition) is 7. The van der Waals surface area contributed by atoms with Crippen LogP contribution in [0.25, 0.3) is 0 Å². The topological polar surface area (TPSA) is 114 Å². The Balaban J connectivity index is 1.40. The summed E-state index contributed by atoms with van der Waals surface area (Å²) in [5.74, 6) is -4.15. The highest BCUT2D eigenvalue weighted by atomic mass is 35.5. The van der Waals surface area contributed by atoms with Gasteiger partial charge in [0.05, 0.1) is 28.1 Å². The number of furan rings is 1. The molecular weight excluding hydrogens is 547 g/mol. The van der Waals surface area contributed by atoms with E-state index < -0.39 is 47.9 Å². The summed E-state index contributed by atoms with van der Waals surface area (Å²) in [5.41, 5.74) is 0.212. The zero-order valence-corrected chi connectivity index (χ0v) is 21.7. The number of nitrogens with zero attached hydrogens (tertiary/aromatic N) is 2. The molecule has 0 N–H and O–H groups in total. The van der Waals surface area contributed by atoms with Crippen LogP contribution in [-0.2, 0) is 9.59 Å². The lowest BCUT2D eigenvalue weighted by Gasteiger charge is -2.30. The van der Waals surface area contributed by atoms with Crippen LogP contribution >= 0.6 is 23.2 Å². The number of benzene rings is 2. The molecule has 3 amide bonds. The first-order valence-corrected chi connectivity index (χ1v) is 12.7. The molecule has 1 fully saturated rings. The van der Waals surface area contributed by atoms with Crippen LogP contribution in [0.4, 0.5) is 0 Å². The Hall–Kier alpha value is -4.21. The van der Waals surface area contributed by atoms with Crippen molar-refractivity contribution in [1.82, 2.24) is 10.0 Å². The molecule has 198 valence electrons. The standard InChI is InChI=1S/C28H20Cl2N2O7/c29-21-12-9-17(14-22(21)30)25(34)31(32-26(35)19-4-1-2-5-20(19)27(32)36)15-23(33)16-7-10-18(11-8-16)39-28(37)24-6-3-13-38-24/h1-3,6-14,19-20H,4-5,15H2/t19-,20-/m0/s1. The number of imide groups is 1. The number of hydrogen-bond donors (Lipinski definition) is 0. The van der Waals surface area contributed by atoms with Gasteiger partial charge in [-0.2, -0.15) is 5.01 Å². The van der Waals surface area contributed by atoms with Crippen molar-refractivity contribution < 1.29 is 33.1 Å². The Bertz CT molecular complexity index is 1470. The lowest BCUT2D eigenvalue weighted by atomic mass is 9.85. The van der Waals surface area contributed by atoms with Crippen LogP contribution in [0.1, 0.15) is 44.1 Å². The second-order valence-corrected chi connectivity index (χ2v) is 9.76. The van der Waals surface area contributed by atoms with Gasteiger partial charge in [-0.25, -0.2) is 9.80 Å². The molecule has 2 heterocycles. The normalized spacial score (nSPS) is 18.2. The smallest absolute Gasteiger partial charge is 0.379 e. The molecule has 0 bridgehead atoms. The van der Waals surface area contributed by atoms with Crippen molar-refractivity contribution in [2.75, 3.05) is 6.54 Å². The third-order valence-electron chi connectivity index (χ3n) is 6.53. The molecule has 1 aromatic heterocycles. The summed E-state index contributed by atoms with van der Waals surface area (Å²) in [6.45, 7) is -0.602. The SMILES string of the molecule is O=C(CN(C(=O)c1ccc(Cl)c(Cl)c1)N1C(=O)[C@H]2CC=CC[C@@H]2C1=O)c1ccc(OC(=O)c2ccco2)cc1. The Labute approximate surface area is 232 Å². The number of allylic oxidation sites excluding steroid dienone is 2. The van der Waals surface area contributed by atoms with Gasteiger partial charge >= 0.3 is 5.97 Å². The van der Waals surface area contributed by atoms with E-state index in [1.807, 2.05) is 12.2 Å². The number of ketones is 1. The van der Waals surface area contributed by atoms with E-state index in [9.17, 15) is 24.0 Å². The van der Waals surface area contributed by atoms with E-state index >= 15 is 0 Å². The number of halogens is 2. The fourth-order valence-corrected chi connectivity index (χ4v) is 4.82. The number of esters is 1. The van der Waals surface area contributed by atoms with E-state index in [2.05, 4.69) is 0 Å². The first-order chi connectivity index (χ1) is 18.7. The highest BCUT2D eigenvalue weighted by Gasteiger charge is 2.51. The van der Waals surface area contributed by atoms with Gasteiger partial charge in [0, 0.05) is 11.1 Å². The summed E-state index contributed by atoms with van der Waals surface area (Å²) in [5, 5.41) is 1.96. The van der Waals surface area contributed by atoms with Gasteiger partial charge in [-0.3, -0.25) is 19.2 Å². The van der Waals surface area contributed by atoms with Crippen molar-refractivity contribution >= 4 is 52.7 Å². The summed E-state index contributed by atoms with van der Waals surface area (Å²) in [6.07, 6.45) is 5.73. The van der Waals surface area contributed by atoms with Crippen LogP contribution in [-0.4, -0.2) is 46.0 Å². The number of carbonyl (C=O) groups is 5. The Kier molecular flexibility index (Phi) is 7.36. The van der Waals surface area contributed by atoms with E-state index in [0.717, 1.165) is 10.0 Å². The minimum absolute atomic E-state index is 0.0160. The van der Waals surface area contributed by atoms with Crippen molar-refractivity contribution in [3.63, 3.8) is 0 Å². The number of Topliss-reactive ketones (excluding diaryl/α,β-unsaturated/α-hetero) is 1. The average Bonchev–Trinajstić information content (AvgIpc) is 3.57. The molecule has 2 atom stereocenters. The predicted molar refractivity (Wildman–Crippen MR) is 139 cm³/mol. The predicted octanol–water partition coefficient (Wildman–Crippen LogP) is 5.00. The lowest BCUT2D eigenvalue weighted by Crippen LogP contribution is -2.52. The fraction of sp³-hybridized carbons (Fsp3) is 0.179. The third kappa shape index (κ3) is 5.23. The van der Waals surface area contributed by atoms with Crippen molar-refractivity contribution in [3.8, 4) is 5.75 Å². The molecule has 2 aromatic carbocycles. The number of ether oxygens (including phenoxy) is 1. The highest BCUT2D eigenvalue weighted by molar-refractivity contribution is 6.42. The summed E-state index contributed by atoms with van der Waals surface area (Å²) in [6, 6.07) is 12.8. The zero-order chi connectivity index (χ0) is 27.7. The van der Waals surface area contributed by atoms with Gasteiger partial charge in [-0.05, 0) is 67.4 Å². The maximum atomic E-state index is 13.6. The number of carbonyl (C=O) groups excluding carboxylic acids is 5. The molecule has 3 aromatic rings. The summed E-state index contributed by atoms with van der Waals surface area (Å²) in [7, 11) is 0. The molecule has 1 saturated heterocycles. The molecule has 0 saturated carbocycles. The summed E-state index contributed by atoms with van der Waals surface area (Å²) >= 11 is 12.1. The summed E-state index contributed by atoms with van der Waals surface area (Å²) in [4.78, 5) is 65.5. The second-order valence-electron chi connectivity index (χ2n) is 8.95. The van der Waals surface area contributed by atoms with E-state index in [1.54, 1.807) is 6.07 Å². The average molecular weight is 567 g/mol. The molecular formula is C28H20Cl2N2O7. The largest absolute Gasteiger partial charge is 0.457 e. The quantitative estimate of drug-likeness (QED) is 0.130. The van der Waals surface area contributed by atoms with E-state index in [-0.39, 0.29) is 32.7 Å². The van der Waals surface area contributed by atoms with Crippen LogP contribution in [0.15, 0.2) is 77.4 Å². The minimum atomic E-state index is -0.765. The summed E-state index contributed by atoms with van der Waals surface area (Å²) < 4.78 is 10.2. The molecule has 0 unspecified atom stereocenters. The van der Waals surface area contributed by atoms with E-state index in [1.165, 1.54) is 54.8 Å². The maximum absolute atomic E-state index is 13.6. The van der Waals surface area contributed by atoms with Crippen LogP contribution in [0.2, 0.25) is 10.0 Å². The fourth-order valence-electron chi connectivity index (χ4n) is 4.52. The van der Waals surface area contributed by atoms with Gasteiger partial charge in [0.25, 0.3) is 17.7 Å². The van der Waals surface area contributed by atoms with Crippen LogP contribution in [0.3, 0.4) is 0 Å². The number of hydrazine groups is 1. The van der Waals surface area contributed by atoms with Crippen molar-refractivity contribution in [2.24, 2.45) is 11.8 Å². The van der Waals surface area contributed by atoms with E-state index in [4.69, 9.17) is 32.4 Å². The van der Waals surface area contributed by atoms with Crippen molar-refractivity contribution in [2.45, 2.75) is 12.8 Å². The van der Waals surface area contributed by atoms with Gasteiger partial charge in [-0.1, -0.05) is 35.4 Å². The van der Waals surface area contributed by atoms with Gasteiger partial charge in [0.15, 0.2) is 5.78 Å². The van der Waals surface area contributed by atoms with Crippen LogP contribution < -0.4 is 4.74 Å². The molecule has 1 aliphatic heterocycles. The molecule has 39 heavy (non-hydrogen) atoms. The number of fused-ring (bicyclic) bond motifs is 1. The van der Waals surface area contributed by atoms with Gasteiger partial charge in [0.1, 0.15) is 12.3 Å². The molecule has 0 radical (unpaired) electrons. The monoisotopic (exact) mass is 566 g/mol. The highest BCUT2D eigenvalue weighted by Crippen LogP contribution is 2.36. The van der Waals surface area contributed by atoms with Crippen molar-refractivity contribution in [1.29, 1.82) is 0 Å². The van der Waals surface area contributed by atoms with E-state index in [0.29, 0.717) is 12.8 Å². The second kappa shape index (κ2) is 10.9. The molecule has 0 spiro atoms. The minimum Gasteiger partial charge on any atom is -0.457 e. The number of rotatable bonds is 7. The van der Waals surface area contributed by atoms with Gasteiger partial charge < -0.3 is 9.15 Å². The molecule has 9 nitrogen and oxygen atoms in total. The molecule has 2 aliphatic rings. The molecule has 11 heteroatoms. The first kappa shape index (κ1) is 26.4. The van der Waals surface area contributed by atoms with Crippen molar-refractivity contribution in [3.05, 3.63) is 99.9 Å². The zero-order valence-electron chi connectivity index (χ0n) is 20.2. The lowest BCUT2D eigenvalue weighted by molar-refractivity contribution is -0.154. The maximum Gasteiger partial charge on any atom is 0.379 e. The Morgan fingerprint density at radius 3 is 2.13 bits per heavy atom. The Morgan fingerprint density at radius 1 is 0.897 bits per heavy atom. The number of amides is 3. The van der Waals surface area contributed by atoms with Gasteiger partial charge in [-0.15, -0.1) is 0 Å². The molecule has 1 aliphatic carbocycles. The van der Waals surface area contributed by atoms with Gasteiger partial charge in [0.2, 0.25) is 5.76 Å². The van der Waals surface area contributed by atoms with Crippen LogP contribution in [0.5, 0.6) is 5.75 Å². The first-order valence-electron chi connectivity index (χ1n) is 11.9. The van der Waals surface area contributed by atoms with Crippen LogP contribution in [0, 0.1) is 11.8 Å². The Morgan fingerprint density at radius 2 is 1.54 bits per heavy atom. The molecule has 5 rings (SSSR count).